The van der Waals surface area contributed by atoms with Gasteiger partial charge in [-0.15, -0.1) is 0 Å². The lowest BCUT2D eigenvalue weighted by Crippen LogP contribution is -2.40. The summed E-state index contributed by atoms with van der Waals surface area (Å²) in [7, 11) is 0. The molecule has 0 radical (unpaired) electrons. The van der Waals surface area contributed by atoms with Gasteiger partial charge in [-0.05, 0) is 56.2 Å². The van der Waals surface area contributed by atoms with Gasteiger partial charge in [-0.1, -0.05) is 53.3 Å². The Kier molecular flexibility index (Phi) is 7.12. The predicted octanol–water partition coefficient (Wildman–Crippen LogP) is 4.72. The topological polar surface area (TPSA) is 111 Å². The number of furan rings is 1. The van der Waals surface area contributed by atoms with Crippen molar-refractivity contribution in [2.45, 2.75) is 26.8 Å². The molecule has 39 heavy (non-hydrogen) atoms. The third-order valence-electron chi connectivity index (χ3n) is 6.45. The van der Waals surface area contributed by atoms with E-state index in [1.807, 2.05) is 0 Å². The van der Waals surface area contributed by atoms with Crippen molar-refractivity contribution in [3.8, 4) is 11.3 Å². The molecule has 4 aromatic rings. The van der Waals surface area contributed by atoms with Gasteiger partial charge in [-0.3, -0.25) is 9.36 Å². The summed E-state index contributed by atoms with van der Waals surface area (Å²) in [4.78, 5) is 43.3. The molecule has 0 fully saturated rings. The summed E-state index contributed by atoms with van der Waals surface area (Å²) in [6.45, 7) is 5.31. The minimum absolute atomic E-state index is 0.172. The van der Waals surface area contributed by atoms with Crippen LogP contribution >= 0.6 is 22.9 Å². The van der Waals surface area contributed by atoms with Crippen LogP contribution in [-0.4, -0.2) is 28.2 Å². The molecule has 0 amide bonds. The molecule has 0 saturated carbocycles. The van der Waals surface area contributed by atoms with E-state index in [0.29, 0.717) is 48.3 Å². The molecule has 2 aromatic carbocycles. The van der Waals surface area contributed by atoms with E-state index in [2.05, 4.69) is 4.99 Å². The van der Waals surface area contributed by atoms with Crippen LogP contribution in [0.5, 0.6) is 0 Å². The number of thiazole rings is 1. The molecule has 0 saturated heterocycles. The predicted molar refractivity (Wildman–Crippen MR) is 148 cm³/mol. The number of benzene rings is 2. The summed E-state index contributed by atoms with van der Waals surface area (Å²) in [5.41, 5.74) is 2.32. The minimum Gasteiger partial charge on any atom is -0.478 e. The van der Waals surface area contributed by atoms with Crippen LogP contribution in [0.2, 0.25) is 5.02 Å². The van der Waals surface area contributed by atoms with Crippen molar-refractivity contribution >= 4 is 41.0 Å². The van der Waals surface area contributed by atoms with E-state index < -0.39 is 18.0 Å². The molecule has 0 spiro atoms. The summed E-state index contributed by atoms with van der Waals surface area (Å²) in [5, 5.41) is 9.85. The van der Waals surface area contributed by atoms with Gasteiger partial charge in [0.05, 0.1) is 28.0 Å². The molecule has 1 aliphatic heterocycles. The smallest absolute Gasteiger partial charge is 0.338 e. The van der Waals surface area contributed by atoms with Gasteiger partial charge in [0.15, 0.2) is 4.80 Å². The highest BCUT2D eigenvalue weighted by molar-refractivity contribution is 7.07. The molecule has 3 heterocycles. The average Bonchev–Trinajstić information content (AvgIpc) is 3.48. The van der Waals surface area contributed by atoms with Crippen LogP contribution in [0.4, 0.5) is 0 Å². The number of halogens is 1. The molecular weight excluding hydrogens is 540 g/mol. The number of carbonyl (C=O) groups is 2. The first-order valence-corrected chi connectivity index (χ1v) is 13.3. The third kappa shape index (κ3) is 4.75. The second-order valence-corrected chi connectivity index (χ2v) is 10.2. The lowest BCUT2D eigenvalue weighted by molar-refractivity contribution is -0.139. The second-order valence-electron chi connectivity index (χ2n) is 8.81. The van der Waals surface area contributed by atoms with Crippen LogP contribution in [-0.2, 0) is 9.53 Å². The molecule has 1 unspecified atom stereocenters. The SMILES string of the molecule is CCOC(=O)C1=C(C)N=c2s/c(=C\c3ccc(-c4cccc(C(=O)O)c4C)o3)c(=O)n2C1c1ccccc1Cl. The Morgan fingerprint density at radius 2 is 1.92 bits per heavy atom. The fraction of sp³-hybridized carbons (Fsp3) is 0.172. The zero-order valence-electron chi connectivity index (χ0n) is 21.2. The number of ether oxygens (including phenoxy) is 1. The van der Waals surface area contributed by atoms with Crippen LogP contribution in [0.15, 0.2) is 80.1 Å². The molecular formula is C29H23ClN2O6S. The number of esters is 1. The van der Waals surface area contributed by atoms with E-state index in [4.69, 9.17) is 20.8 Å². The molecule has 1 N–H and O–H groups in total. The molecule has 0 bridgehead atoms. The van der Waals surface area contributed by atoms with E-state index in [1.165, 1.54) is 22.0 Å². The Morgan fingerprint density at radius 1 is 1.15 bits per heavy atom. The zero-order chi connectivity index (χ0) is 27.8. The first-order chi connectivity index (χ1) is 18.7. The quantitative estimate of drug-likeness (QED) is 0.340. The first-order valence-electron chi connectivity index (χ1n) is 12.1. The molecule has 1 atom stereocenters. The molecule has 2 aromatic heterocycles. The normalized spacial score (nSPS) is 15.2. The second kappa shape index (κ2) is 10.5. The Labute approximate surface area is 231 Å². The Bertz CT molecular complexity index is 1850. The highest BCUT2D eigenvalue weighted by Gasteiger charge is 2.34. The Hall–Kier alpha value is -4.21. The van der Waals surface area contributed by atoms with Gasteiger partial charge in [0, 0.05) is 16.7 Å². The van der Waals surface area contributed by atoms with Gasteiger partial charge < -0.3 is 14.3 Å². The van der Waals surface area contributed by atoms with E-state index in [9.17, 15) is 19.5 Å². The van der Waals surface area contributed by atoms with E-state index >= 15 is 0 Å². The van der Waals surface area contributed by atoms with Crippen molar-refractivity contribution in [1.29, 1.82) is 0 Å². The number of carboxylic acid groups (broad SMARTS) is 1. The summed E-state index contributed by atoms with van der Waals surface area (Å²) in [5.74, 6) is -0.699. The van der Waals surface area contributed by atoms with Crippen LogP contribution in [0.3, 0.4) is 0 Å². The van der Waals surface area contributed by atoms with Gasteiger partial charge in [-0.25, -0.2) is 14.6 Å². The van der Waals surface area contributed by atoms with Gasteiger partial charge in [0.1, 0.15) is 17.6 Å². The van der Waals surface area contributed by atoms with Crippen molar-refractivity contribution in [2.24, 2.45) is 4.99 Å². The number of hydrogen-bond acceptors (Lipinski definition) is 7. The lowest BCUT2D eigenvalue weighted by Gasteiger charge is -2.25. The largest absolute Gasteiger partial charge is 0.478 e. The molecule has 10 heteroatoms. The number of allylic oxidation sites excluding steroid dienone is 1. The van der Waals surface area contributed by atoms with Gasteiger partial charge in [0.25, 0.3) is 5.56 Å². The maximum Gasteiger partial charge on any atom is 0.338 e. The van der Waals surface area contributed by atoms with Crippen molar-refractivity contribution in [3.63, 3.8) is 0 Å². The number of nitrogens with zero attached hydrogens (tertiary/aromatic N) is 2. The number of rotatable bonds is 6. The number of carboxylic acids is 1. The van der Waals surface area contributed by atoms with Crippen LogP contribution in [0.1, 0.15) is 47.1 Å². The monoisotopic (exact) mass is 562 g/mol. The first kappa shape index (κ1) is 26.4. The molecule has 8 nitrogen and oxygen atoms in total. The van der Waals surface area contributed by atoms with Gasteiger partial charge >= 0.3 is 11.9 Å². The number of fused-ring (bicyclic) bond motifs is 1. The third-order valence-corrected chi connectivity index (χ3v) is 7.77. The Balaban J connectivity index is 1.64. The van der Waals surface area contributed by atoms with Crippen LogP contribution in [0.25, 0.3) is 17.4 Å². The molecule has 198 valence electrons. The molecule has 5 rings (SSSR count). The molecule has 1 aliphatic rings. The van der Waals surface area contributed by atoms with Crippen molar-refractivity contribution < 1.29 is 23.8 Å². The van der Waals surface area contributed by atoms with Crippen molar-refractivity contribution in [3.05, 3.63) is 113 Å². The van der Waals surface area contributed by atoms with E-state index in [1.54, 1.807) is 75.4 Å². The van der Waals surface area contributed by atoms with Crippen molar-refractivity contribution in [2.75, 3.05) is 6.61 Å². The number of aromatic nitrogens is 1. The maximum atomic E-state index is 13.8. The fourth-order valence-corrected chi connectivity index (χ4v) is 5.89. The van der Waals surface area contributed by atoms with Gasteiger partial charge in [-0.2, -0.15) is 0 Å². The Morgan fingerprint density at radius 3 is 2.64 bits per heavy atom. The lowest BCUT2D eigenvalue weighted by atomic mass is 9.96. The van der Waals surface area contributed by atoms with Crippen molar-refractivity contribution in [1.82, 2.24) is 4.57 Å². The van der Waals surface area contributed by atoms with Crippen LogP contribution in [0, 0.1) is 6.92 Å². The number of hydrogen-bond donors (Lipinski definition) is 1. The van der Waals surface area contributed by atoms with Gasteiger partial charge in [0.2, 0.25) is 0 Å². The molecule has 0 aliphatic carbocycles. The fourth-order valence-electron chi connectivity index (χ4n) is 4.62. The zero-order valence-corrected chi connectivity index (χ0v) is 22.8. The number of aromatic carboxylic acids is 1. The summed E-state index contributed by atoms with van der Waals surface area (Å²) < 4.78 is 13.1. The van der Waals surface area contributed by atoms with E-state index in [-0.39, 0.29) is 23.3 Å². The highest BCUT2D eigenvalue weighted by atomic mass is 35.5. The minimum atomic E-state index is -1.02. The van der Waals surface area contributed by atoms with Crippen LogP contribution < -0.4 is 14.9 Å². The maximum absolute atomic E-state index is 13.8. The van der Waals surface area contributed by atoms with E-state index in [0.717, 1.165) is 0 Å². The summed E-state index contributed by atoms with van der Waals surface area (Å²) in [6.07, 6.45) is 1.61. The standard InChI is InChI=1S/C29H23ClN2O6S/c1-4-37-28(36)24-16(3)31-29-32(25(24)20-8-5-6-11-21(20)30)26(33)23(39-29)14-17-12-13-22(38-17)18-9-7-10-19(15(18)2)27(34)35/h5-14,25H,4H2,1-3H3,(H,34,35)/b23-14-. The summed E-state index contributed by atoms with van der Waals surface area (Å²) in [6, 6.07) is 14.6. The number of carbonyl (C=O) groups excluding carboxylic acids is 1. The average molecular weight is 563 g/mol. The highest BCUT2D eigenvalue weighted by Crippen LogP contribution is 2.34. The summed E-state index contributed by atoms with van der Waals surface area (Å²) >= 11 is 7.70.